The summed E-state index contributed by atoms with van der Waals surface area (Å²) in [6, 6.07) is 7.80. The summed E-state index contributed by atoms with van der Waals surface area (Å²) in [5, 5.41) is 6.88. The van der Waals surface area contributed by atoms with Crippen LogP contribution >= 0.6 is 0 Å². The number of carbonyl (C=O) groups is 1. The first-order valence-electron chi connectivity index (χ1n) is 10.9. The van der Waals surface area contributed by atoms with Crippen LogP contribution in [0.15, 0.2) is 41.4 Å². The molecule has 10 heteroatoms. The van der Waals surface area contributed by atoms with Crippen LogP contribution in [0.2, 0.25) is 0 Å². The molecule has 2 aromatic heterocycles. The average molecular weight is 455 g/mol. The zero-order valence-electron chi connectivity index (χ0n) is 18.0. The molecule has 168 valence electrons. The summed E-state index contributed by atoms with van der Waals surface area (Å²) in [7, 11) is -3.63. The maximum absolute atomic E-state index is 12.9. The van der Waals surface area contributed by atoms with Crippen molar-refractivity contribution in [3.8, 4) is 0 Å². The third-order valence-corrected chi connectivity index (χ3v) is 8.41. The molecule has 2 fully saturated rings. The molecule has 0 spiro atoms. The van der Waals surface area contributed by atoms with Crippen molar-refractivity contribution in [1.29, 1.82) is 0 Å². The molecule has 1 amide bonds. The number of aromatic nitrogens is 4. The fourth-order valence-electron chi connectivity index (χ4n) is 5.21. The van der Waals surface area contributed by atoms with E-state index in [0.29, 0.717) is 23.3 Å². The molecule has 2 bridgehead atoms. The number of benzene rings is 1. The van der Waals surface area contributed by atoms with E-state index in [1.165, 1.54) is 35.9 Å². The number of anilines is 1. The van der Waals surface area contributed by atoms with Gasteiger partial charge in [-0.2, -0.15) is 4.98 Å². The van der Waals surface area contributed by atoms with E-state index in [0.717, 1.165) is 18.0 Å². The number of nitrogens with one attached hydrogen (secondary N) is 2. The number of hydrogen-bond acceptors (Lipinski definition) is 6. The maximum atomic E-state index is 12.9. The summed E-state index contributed by atoms with van der Waals surface area (Å²) in [5.74, 6) is 1.66. The van der Waals surface area contributed by atoms with Crippen molar-refractivity contribution in [2.24, 2.45) is 17.8 Å². The highest BCUT2D eigenvalue weighted by atomic mass is 32.2. The molecule has 2 aliphatic carbocycles. The Balaban J connectivity index is 1.25. The third-order valence-electron chi connectivity index (χ3n) is 6.83. The Hall–Kier alpha value is -2.85. The van der Waals surface area contributed by atoms with E-state index in [2.05, 4.69) is 25.1 Å². The van der Waals surface area contributed by atoms with Gasteiger partial charge >= 0.3 is 0 Å². The average Bonchev–Trinajstić information content (AvgIpc) is 3.50. The molecule has 2 saturated carbocycles. The number of hydrogen-bond donors (Lipinski definition) is 2. The highest BCUT2D eigenvalue weighted by Crippen LogP contribution is 2.49. The summed E-state index contributed by atoms with van der Waals surface area (Å²) >= 11 is 0. The second kappa shape index (κ2) is 7.93. The quantitative estimate of drug-likeness (QED) is 0.591. The minimum Gasteiger partial charge on any atom is -0.319 e. The number of carbonyl (C=O) groups excluding carboxylic acids is 1. The van der Waals surface area contributed by atoms with Gasteiger partial charge in [-0.15, -0.1) is 5.10 Å². The minimum atomic E-state index is -3.63. The summed E-state index contributed by atoms with van der Waals surface area (Å²) in [5.41, 5.74) is 1.27. The van der Waals surface area contributed by atoms with Crippen LogP contribution < -0.4 is 10.0 Å². The fraction of sp³-hybridized carbons (Fsp3) is 0.455. The Kier molecular flexibility index (Phi) is 5.21. The second-order valence-electron chi connectivity index (χ2n) is 8.96. The second-order valence-corrected chi connectivity index (χ2v) is 10.7. The molecule has 9 nitrogen and oxygen atoms in total. The number of fused-ring (bicyclic) bond motifs is 3. The van der Waals surface area contributed by atoms with Gasteiger partial charge in [0.15, 0.2) is 0 Å². The van der Waals surface area contributed by atoms with E-state index in [-0.39, 0.29) is 16.8 Å². The normalized spacial score (nSPS) is 23.5. The van der Waals surface area contributed by atoms with Crippen molar-refractivity contribution in [2.75, 3.05) is 5.32 Å². The number of aryl methyl sites for hydroxylation is 1. The summed E-state index contributed by atoms with van der Waals surface area (Å²) < 4.78 is 30.1. The molecule has 1 aromatic carbocycles. The van der Waals surface area contributed by atoms with Crippen LogP contribution in [0, 0.1) is 24.7 Å². The topological polar surface area (TPSA) is 118 Å². The lowest BCUT2D eigenvalue weighted by Crippen LogP contribution is -2.40. The van der Waals surface area contributed by atoms with Crippen molar-refractivity contribution in [2.45, 2.75) is 50.5 Å². The Labute approximate surface area is 186 Å². The van der Waals surface area contributed by atoms with Gasteiger partial charge in [0.1, 0.15) is 0 Å². The zero-order valence-corrected chi connectivity index (χ0v) is 18.8. The largest absolute Gasteiger partial charge is 0.319 e. The molecule has 5 rings (SSSR count). The van der Waals surface area contributed by atoms with E-state index in [1.54, 1.807) is 24.4 Å². The van der Waals surface area contributed by atoms with Crippen LogP contribution in [-0.4, -0.2) is 39.9 Å². The first-order valence-corrected chi connectivity index (χ1v) is 12.4. The van der Waals surface area contributed by atoms with Crippen LogP contribution in [0.3, 0.4) is 0 Å². The first-order chi connectivity index (χ1) is 15.3. The summed E-state index contributed by atoms with van der Waals surface area (Å²) in [6.07, 6.45) is 6.46. The zero-order chi connectivity index (χ0) is 22.5. The SMILES string of the molecule is Cc1ccnc2nc(C(=O)Nc3ccc(S(=O)(=O)N[C@@H](C)[C@H]4C[C@H]5CC[C@H]4C5)cc3)nn12. The molecule has 3 aromatic rings. The van der Waals surface area contributed by atoms with Gasteiger partial charge in [0.05, 0.1) is 4.90 Å². The van der Waals surface area contributed by atoms with Crippen molar-refractivity contribution in [3.05, 3.63) is 48.0 Å². The minimum absolute atomic E-state index is 0.00940. The first kappa shape index (κ1) is 21.0. The molecule has 4 atom stereocenters. The molecule has 0 unspecified atom stereocenters. The van der Waals surface area contributed by atoms with Crippen molar-refractivity contribution >= 4 is 27.4 Å². The molecule has 32 heavy (non-hydrogen) atoms. The number of nitrogens with zero attached hydrogens (tertiary/aromatic N) is 4. The highest BCUT2D eigenvalue weighted by Gasteiger charge is 2.42. The standard InChI is InChI=1S/C22H26N6O3S/c1-13-9-10-23-22-25-20(26-28(13)22)21(29)24-17-5-7-18(8-6-17)32(30,31)27-14(2)19-12-15-3-4-16(19)11-15/h5-10,14-16,19,27H,3-4,11-12H2,1-2H3,(H,24,29)/t14-,15-,16-,19+/m0/s1. The van der Waals surface area contributed by atoms with E-state index in [4.69, 9.17) is 0 Å². The molecule has 0 aliphatic heterocycles. The predicted octanol–water partition coefficient (Wildman–Crippen LogP) is 2.79. The lowest BCUT2D eigenvalue weighted by molar-refractivity contribution is 0.101. The van der Waals surface area contributed by atoms with E-state index < -0.39 is 15.9 Å². The lowest BCUT2D eigenvalue weighted by Gasteiger charge is -2.28. The van der Waals surface area contributed by atoms with Crippen LogP contribution in [0.4, 0.5) is 5.69 Å². The molecule has 2 aliphatic rings. The van der Waals surface area contributed by atoms with Gasteiger partial charge in [0.25, 0.3) is 11.7 Å². The smallest absolute Gasteiger partial charge is 0.295 e. The molecule has 0 radical (unpaired) electrons. The van der Waals surface area contributed by atoms with E-state index >= 15 is 0 Å². The molecule has 0 saturated heterocycles. The Morgan fingerprint density at radius 3 is 2.59 bits per heavy atom. The van der Waals surface area contributed by atoms with E-state index in [1.807, 2.05) is 13.8 Å². The van der Waals surface area contributed by atoms with Crippen LogP contribution in [0.25, 0.3) is 5.78 Å². The Morgan fingerprint density at radius 1 is 1.16 bits per heavy atom. The van der Waals surface area contributed by atoms with Gasteiger partial charge in [0.2, 0.25) is 15.8 Å². The van der Waals surface area contributed by atoms with Gasteiger partial charge in [0, 0.05) is 23.6 Å². The number of sulfonamides is 1. The molecular weight excluding hydrogens is 428 g/mol. The van der Waals surface area contributed by atoms with Gasteiger partial charge in [-0.1, -0.05) is 6.42 Å². The Morgan fingerprint density at radius 2 is 1.94 bits per heavy atom. The predicted molar refractivity (Wildman–Crippen MR) is 119 cm³/mol. The molecule has 2 heterocycles. The van der Waals surface area contributed by atoms with E-state index in [9.17, 15) is 13.2 Å². The van der Waals surface area contributed by atoms with Crippen molar-refractivity contribution in [1.82, 2.24) is 24.3 Å². The molecular formula is C22H26N6O3S. The summed E-state index contributed by atoms with van der Waals surface area (Å²) in [6.45, 7) is 3.81. The number of amides is 1. The third kappa shape index (κ3) is 3.88. The van der Waals surface area contributed by atoms with Crippen LogP contribution in [0.5, 0.6) is 0 Å². The van der Waals surface area contributed by atoms with Gasteiger partial charge in [-0.3, -0.25) is 4.79 Å². The highest BCUT2D eigenvalue weighted by molar-refractivity contribution is 7.89. The van der Waals surface area contributed by atoms with Crippen LogP contribution in [-0.2, 0) is 10.0 Å². The van der Waals surface area contributed by atoms with Gasteiger partial charge in [-0.05, 0) is 81.2 Å². The number of rotatable bonds is 6. The van der Waals surface area contributed by atoms with Gasteiger partial charge in [-0.25, -0.2) is 22.6 Å². The monoisotopic (exact) mass is 454 g/mol. The molecule has 2 N–H and O–H groups in total. The van der Waals surface area contributed by atoms with Crippen molar-refractivity contribution < 1.29 is 13.2 Å². The Bertz CT molecular complexity index is 1270. The maximum Gasteiger partial charge on any atom is 0.295 e. The van der Waals surface area contributed by atoms with Gasteiger partial charge < -0.3 is 5.32 Å². The fourth-order valence-corrected chi connectivity index (χ4v) is 6.51. The van der Waals surface area contributed by atoms with Crippen LogP contribution in [0.1, 0.15) is 48.9 Å². The summed E-state index contributed by atoms with van der Waals surface area (Å²) in [4.78, 5) is 20.9. The van der Waals surface area contributed by atoms with Crippen molar-refractivity contribution in [3.63, 3.8) is 0 Å². The lowest BCUT2D eigenvalue weighted by atomic mass is 9.84.